The molecule has 1 aromatic rings. The second-order valence-electron chi connectivity index (χ2n) is 5.23. The molecule has 0 bridgehead atoms. The van der Waals surface area contributed by atoms with Gasteiger partial charge in [-0.05, 0) is 34.6 Å². The van der Waals surface area contributed by atoms with E-state index < -0.39 is 0 Å². The van der Waals surface area contributed by atoms with Crippen molar-refractivity contribution in [1.29, 1.82) is 0 Å². The van der Waals surface area contributed by atoms with Crippen LogP contribution in [0.4, 0.5) is 0 Å². The quantitative estimate of drug-likeness (QED) is 0.865. The molecule has 0 fully saturated rings. The predicted octanol–water partition coefficient (Wildman–Crippen LogP) is 2.02. The average molecular weight is 255 g/mol. The molecule has 1 rings (SSSR count). The van der Waals surface area contributed by atoms with Gasteiger partial charge in [0.05, 0.1) is 12.6 Å². The van der Waals surface area contributed by atoms with Crippen LogP contribution >= 0.6 is 11.3 Å². The molecule has 2 N–H and O–H groups in total. The molecule has 0 aliphatic carbocycles. The van der Waals surface area contributed by atoms with Crippen LogP contribution in [0.15, 0.2) is 5.38 Å². The summed E-state index contributed by atoms with van der Waals surface area (Å²) in [5.41, 5.74) is 0.845. The van der Waals surface area contributed by atoms with Crippen LogP contribution in [0, 0.1) is 6.92 Å². The van der Waals surface area contributed by atoms with Gasteiger partial charge in [0.2, 0.25) is 5.91 Å². The lowest BCUT2D eigenvalue weighted by atomic mass is 10.1. The molecule has 0 aromatic carbocycles. The molecule has 96 valence electrons. The molecule has 4 nitrogen and oxygen atoms in total. The van der Waals surface area contributed by atoms with Crippen LogP contribution < -0.4 is 10.6 Å². The van der Waals surface area contributed by atoms with Gasteiger partial charge in [0, 0.05) is 16.6 Å². The van der Waals surface area contributed by atoms with Gasteiger partial charge in [-0.25, -0.2) is 4.98 Å². The van der Waals surface area contributed by atoms with Gasteiger partial charge in [-0.15, -0.1) is 11.3 Å². The maximum absolute atomic E-state index is 11.6. The molecule has 0 saturated carbocycles. The van der Waals surface area contributed by atoms with Crippen molar-refractivity contribution >= 4 is 17.2 Å². The fourth-order valence-corrected chi connectivity index (χ4v) is 2.19. The summed E-state index contributed by atoms with van der Waals surface area (Å²) in [5.74, 6) is 0.0117. The highest BCUT2D eigenvalue weighted by molar-refractivity contribution is 7.09. The van der Waals surface area contributed by atoms with Crippen LogP contribution in [0.5, 0.6) is 0 Å². The third-order valence-corrected chi connectivity index (χ3v) is 3.24. The molecule has 0 aliphatic rings. The average Bonchev–Trinajstić information content (AvgIpc) is 2.58. The lowest BCUT2D eigenvalue weighted by Gasteiger charge is -2.21. The number of hydrogen-bond donors (Lipinski definition) is 2. The first-order chi connectivity index (χ1) is 7.78. The minimum atomic E-state index is -0.181. The molecule has 1 amide bonds. The molecule has 0 spiro atoms. The van der Waals surface area contributed by atoms with Crippen molar-refractivity contribution in [3.8, 4) is 0 Å². The van der Waals surface area contributed by atoms with E-state index in [1.165, 1.54) is 0 Å². The molecular formula is C12H21N3OS. The van der Waals surface area contributed by atoms with Crippen molar-refractivity contribution in [1.82, 2.24) is 15.6 Å². The van der Waals surface area contributed by atoms with Gasteiger partial charge in [0.1, 0.15) is 5.01 Å². The maximum Gasteiger partial charge on any atom is 0.234 e. The van der Waals surface area contributed by atoms with E-state index >= 15 is 0 Å². The predicted molar refractivity (Wildman–Crippen MR) is 71.2 cm³/mol. The first-order valence-electron chi connectivity index (χ1n) is 5.74. The van der Waals surface area contributed by atoms with Gasteiger partial charge >= 0.3 is 0 Å². The van der Waals surface area contributed by atoms with Crippen molar-refractivity contribution in [2.24, 2.45) is 0 Å². The van der Waals surface area contributed by atoms with E-state index in [2.05, 4.69) is 15.6 Å². The van der Waals surface area contributed by atoms with Crippen molar-refractivity contribution in [2.45, 2.75) is 46.2 Å². The standard InChI is InChI=1S/C12H21N3OS/c1-8-7-17-11(14-8)9(2)13-6-10(16)15-12(3,4)5/h7,9,13H,6H2,1-5H3,(H,15,16). The van der Waals surface area contributed by atoms with Gasteiger partial charge in [0.25, 0.3) is 0 Å². The van der Waals surface area contributed by atoms with E-state index in [0.29, 0.717) is 6.54 Å². The molecule has 0 saturated heterocycles. The number of thiazole rings is 1. The van der Waals surface area contributed by atoms with Crippen LogP contribution in [0.3, 0.4) is 0 Å². The highest BCUT2D eigenvalue weighted by Crippen LogP contribution is 2.16. The second-order valence-corrected chi connectivity index (χ2v) is 6.12. The SMILES string of the molecule is Cc1csc(C(C)NCC(=O)NC(C)(C)C)n1. The summed E-state index contributed by atoms with van der Waals surface area (Å²) in [6.45, 7) is 10.2. The number of nitrogens with one attached hydrogen (secondary N) is 2. The number of carbonyl (C=O) groups is 1. The molecule has 5 heteroatoms. The minimum Gasteiger partial charge on any atom is -0.350 e. The van der Waals surface area contributed by atoms with E-state index in [0.717, 1.165) is 10.7 Å². The Bertz CT molecular complexity index is 381. The Kier molecular flexibility index (Phi) is 4.65. The summed E-state index contributed by atoms with van der Waals surface area (Å²) >= 11 is 1.62. The van der Waals surface area contributed by atoms with Gasteiger partial charge in [-0.3, -0.25) is 10.1 Å². The van der Waals surface area contributed by atoms with E-state index in [1.807, 2.05) is 40.0 Å². The number of nitrogens with zero attached hydrogens (tertiary/aromatic N) is 1. The Hall–Kier alpha value is -0.940. The minimum absolute atomic E-state index is 0.0117. The first kappa shape index (κ1) is 14.1. The van der Waals surface area contributed by atoms with E-state index in [4.69, 9.17) is 0 Å². The van der Waals surface area contributed by atoms with Crippen molar-refractivity contribution in [3.05, 3.63) is 16.1 Å². The molecule has 1 aromatic heterocycles. The fraction of sp³-hybridized carbons (Fsp3) is 0.667. The normalized spacial score (nSPS) is 13.5. The van der Waals surface area contributed by atoms with E-state index in [9.17, 15) is 4.79 Å². The summed E-state index contributed by atoms with van der Waals surface area (Å²) < 4.78 is 0. The van der Waals surface area contributed by atoms with E-state index in [-0.39, 0.29) is 17.5 Å². The second kappa shape index (κ2) is 5.60. The summed E-state index contributed by atoms with van der Waals surface area (Å²) in [4.78, 5) is 16.0. The monoisotopic (exact) mass is 255 g/mol. The summed E-state index contributed by atoms with van der Waals surface area (Å²) in [7, 11) is 0. The Labute approximate surface area is 107 Å². The molecule has 1 heterocycles. The van der Waals surface area contributed by atoms with Crippen LogP contribution in [0.1, 0.15) is 44.4 Å². The first-order valence-corrected chi connectivity index (χ1v) is 6.62. The largest absolute Gasteiger partial charge is 0.350 e. The van der Waals surface area contributed by atoms with Gasteiger partial charge in [-0.1, -0.05) is 0 Å². The molecule has 1 atom stereocenters. The van der Waals surface area contributed by atoms with E-state index in [1.54, 1.807) is 11.3 Å². The van der Waals surface area contributed by atoms with Crippen molar-refractivity contribution < 1.29 is 4.79 Å². The molecule has 0 radical (unpaired) electrons. The van der Waals surface area contributed by atoms with Crippen molar-refractivity contribution in [2.75, 3.05) is 6.54 Å². The lowest BCUT2D eigenvalue weighted by Crippen LogP contribution is -2.45. The number of carbonyl (C=O) groups excluding carboxylic acids is 1. The maximum atomic E-state index is 11.6. The van der Waals surface area contributed by atoms with Crippen LogP contribution in [0.2, 0.25) is 0 Å². The summed E-state index contributed by atoms with van der Waals surface area (Å²) in [6, 6.07) is 0.111. The highest BCUT2D eigenvalue weighted by atomic mass is 32.1. The Morgan fingerprint density at radius 2 is 2.18 bits per heavy atom. The Balaban J connectivity index is 2.38. The van der Waals surface area contributed by atoms with Crippen LogP contribution in [-0.4, -0.2) is 23.0 Å². The van der Waals surface area contributed by atoms with Gasteiger partial charge < -0.3 is 5.32 Å². The number of aromatic nitrogens is 1. The molecule has 0 aliphatic heterocycles. The number of hydrogen-bond acceptors (Lipinski definition) is 4. The third kappa shape index (κ3) is 5.28. The molecule has 1 unspecified atom stereocenters. The summed E-state index contributed by atoms with van der Waals surface area (Å²) in [5, 5.41) is 9.12. The van der Waals surface area contributed by atoms with Gasteiger partial charge in [-0.2, -0.15) is 0 Å². The Morgan fingerprint density at radius 1 is 1.53 bits per heavy atom. The summed E-state index contributed by atoms with van der Waals surface area (Å²) in [6.07, 6.45) is 0. The zero-order valence-corrected chi connectivity index (χ0v) is 11.9. The third-order valence-electron chi connectivity index (χ3n) is 2.09. The zero-order valence-electron chi connectivity index (χ0n) is 11.1. The number of rotatable bonds is 4. The van der Waals surface area contributed by atoms with Gasteiger partial charge in [0.15, 0.2) is 0 Å². The topological polar surface area (TPSA) is 54.0 Å². The smallest absolute Gasteiger partial charge is 0.234 e. The molecular weight excluding hydrogens is 234 g/mol. The van der Waals surface area contributed by atoms with Crippen LogP contribution in [-0.2, 0) is 4.79 Å². The fourth-order valence-electron chi connectivity index (χ4n) is 1.37. The lowest BCUT2D eigenvalue weighted by molar-refractivity contribution is -0.121. The van der Waals surface area contributed by atoms with Crippen LogP contribution in [0.25, 0.3) is 0 Å². The Morgan fingerprint density at radius 3 is 2.65 bits per heavy atom. The zero-order chi connectivity index (χ0) is 13.1. The van der Waals surface area contributed by atoms with Crippen molar-refractivity contribution in [3.63, 3.8) is 0 Å². The number of amides is 1. The highest BCUT2D eigenvalue weighted by Gasteiger charge is 2.15. The molecule has 17 heavy (non-hydrogen) atoms. The number of aryl methyl sites for hydroxylation is 1.